The van der Waals surface area contributed by atoms with Gasteiger partial charge in [0.1, 0.15) is 17.5 Å². The van der Waals surface area contributed by atoms with Crippen molar-refractivity contribution in [2.75, 3.05) is 26.1 Å². The maximum atomic E-state index is 12.5. The summed E-state index contributed by atoms with van der Waals surface area (Å²) in [7, 11) is 3.17. The van der Waals surface area contributed by atoms with Crippen molar-refractivity contribution in [3.05, 3.63) is 52.5 Å². The van der Waals surface area contributed by atoms with Crippen LogP contribution in [-0.4, -0.2) is 42.1 Å². The lowest BCUT2D eigenvalue weighted by molar-refractivity contribution is -0.112. The van der Waals surface area contributed by atoms with E-state index in [1.807, 2.05) is 32.9 Å². The van der Waals surface area contributed by atoms with Crippen LogP contribution < -0.4 is 10.6 Å². The average molecular weight is 395 g/mol. The van der Waals surface area contributed by atoms with E-state index in [1.165, 1.54) is 19.3 Å². The minimum atomic E-state index is -0.567. The Kier molecular flexibility index (Phi) is 7.28. The van der Waals surface area contributed by atoms with E-state index in [0.29, 0.717) is 12.2 Å². The topological polar surface area (TPSA) is 109 Å². The quantitative estimate of drug-likeness (QED) is 0.553. The number of anilines is 1. The molecule has 0 radical (unpaired) electrons. The highest BCUT2D eigenvalue weighted by Crippen LogP contribution is 2.23. The molecule has 0 bridgehead atoms. The number of carbonyl (C=O) groups excluding carboxylic acids is 2. The zero-order valence-corrected chi connectivity index (χ0v) is 17.2. The lowest BCUT2D eigenvalue weighted by Gasteiger charge is -2.17. The number of rotatable bonds is 7. The molecule has 152 valence electrons. The van der Waals surface area contributed by atoms with Crippen molar-refractivity contribution >= 4 is 23.7 Å². The summed E-state index contributed by atoms with van der Waals surface area (Å²) in [4.78, 5) is 28.1. The predicted molar refractivity (Wildman–Crippen MR) is 110 cm³/mol. The smallest absolute Gasteiger partial charge is 0.267 e. The molecule has 0 aliphatic rings. The fraction of sp³-hybridized carbons (Fsp3) is 0.333. The van der Waals surface area contributed by atoms with Crippen molar-refractivity contribution < 1.29 is 14.3 Å². The van der Waals surface area contributed by atoms with Gasteiger partial charge in [-0.1, -0.05) is 0 Å². The third-order valence-electron chi connectivity index (χ3n) is 4.53. The summed E-state index contributed by atoms with van der Waals surface area (Å²) >= 11 is 0. The number of aryl methyl sites for hydroxylation is 1. The van der Waals surface area contributed by atoms with Crippen molar-refractivity contribution in [2.45, 2.75) is 26.8 Å². The summed E-state index contributed by atoms with van der Waals surface area (Å²) < 4.78 is 7.34. The molecule has 0 aromatic carbocycles. The Morgan fingerprint density at radius 1 is 1.38 bits per heavy atom. The highest BCUT2D eigenvalue weighted by molar-refractivity contribution is 6.09. The third kappa shape index (κ3) is 5.09. The lowest BCUT2D eigenvalue weighted by Crippen LogP contribution is -2.18. The Bertz CT molecular complexity index is 967. The van der Waals surface area contributed by atoms with E-state index in [-0.39, 0.29) is 23.3 Å². The van der Waals surface area contributed by atoms with Crippen LogP contribution in [0.3, 0.4) is 0 Å². The van der Waals surface area contributed by atoms with Gasteiger partial charge in [0.05, 0.1) is 18.2 Å². The van der Waals surface area contributed by atoms with E-state index in [4.69, 9.17) is 4.74 Å². The molecule has 0 spiro atoms. The largest absolute Gasteiger partial charge is 0.383 e. The second-order valence-corrected chi connectivity index (χ2v) is 6.64. The lowest BCUT2D eigenvalue weighted by atomic mass is 10.1. The zero-order chi connectivity index (χ0) is 21.6. The van der Waals surface area contributed by atoms with Gasteiger partial charge in [0.15, 0.2) is 0 Å². The normalized spacial score (nSPS) is 12.2. The number of nitrogens with one attached hydrogen (secondary N) is 2. The number of carbonyl (C=O) groups is 2. The van der Waals surface area contributed by atoms with Crippen LogP contribution >= 0.6 is 0 Å². The first-order chi connectivity index (χ1) is 13.8. The molecule has 29 heavy (non-hydrogen) atoms. The molecule has 8 heteroatoms. The van der Waals surface area contributed by atoms with Gasteiger partial charge in [0, 0.05) is 31.7 Å². The molecule has 0 fully saturated rings. The number of hydrogen-bond acceptors (Lipinski definition) is 5. The highest BCUT2D eigenvalue weighted by atomic mass is 16.5. The van der Waals surface area contributed by atoms with Crippen LogP contribution in [0.25, 0.3) is 6.08 Å². The SMILES string of the molecule is CNC(=O)c1ccc(NC(=O)/C(C#N)=C/c2cc(C)n(C(C)COC)c2C)nc1. The summed E-state index contributed by atoms with van der Waals surface area (Å²) in [5, 5.41) is 14.5. The first kappa shape index (κ1) is 21.9. The van der Waals surface area contributed by atoms with Gasteiger partial charge in [-0.2, -0.15) is 5.26 Å². The van der Waals surface area contributed by atoms with Crippen LogP contribution in [0.4, 0.5) is 5.82 Å². The van der Waals surface area contributed by atoms with Crippen molar-refractivity contribution in [3.8, 4) is 6.07 Å². The Balaban J connectivity index is 2.24. The summed E-state index contributed by atoms with van der Waals surface area (Å²) in [5.41, 5.74) is 3.09. The molecule has 2 rings (SSSR count). The molecule has 2 aromatic heterocycles. The van der Waals surface area contributed by atoms with Crippen molar-refractivity contribution in [1.29, 1.82) is 5.26 Å². The van der Waals surface area contributed by atoms with Crippen molar-refractivity contribution in [2.24, 2.45) is 0 Å². The molecule has 2 amide bonds. The number of ether oxygens (including phenoxy) is 1. The number of hydrogen-bond donors (Lipinski definition) is 2. The van der Waals surface area contributed by atoms with E-state index in [9.17, 15) is 14.9 Å². The van der Waals surface area contributed by atoms with Crippen LogP contribution in [-0.2, 0) is 9.53 Å². The van der Waals surface area contributed by atoms with Gasteiger partial charge in [-0.05, 0) is 50.6 Å². The molecule has 0 aliphatic carbocycles. The standard InChI is InChI=1S/C21H25N5O3/c1-13-8-17(15(3)26(13)14(2)12-29-5)9-18(10-22)21(28)25-19-7-6-16(11-24-19)20(27)23-4/h6-9,11,14H,12H2,1-5H3,(H,23,27)(H,24,25,28)/b18-9+. The fourth-order valence-electron chi connectivity index (χ4n) is 3.18. The van der Waals surface area contributed by atoms with Gasteiger partial charge in [-0.25, -0.2) is 4.98 Å². The molecule has 1 unspecified atom stereocenters. The Morgan fingerprint density at radius 3 is 2.66 bits per heavy atom. The van der Waals surface area contributed by atoms with Gasteiger partial charge in [0.2, 0.25) is 0 Å². The van der Waals surface area contributed by atoms with Crippen LogP contribution in [0.15, 0.2) is 30.0 Å². The molecule has 2 aromatic rings. The Hall–Kier alpha value is -3.44. The highest BCUT2D eigenvalue weighted by Gasteiger charge is 2.16. The predicted octanol–water partition coefficient (Wildman–Crippen LogP) is 2.61. The van der Waals surface area contributed by atoms with Gasteiger partial charge < -0.3 is 19.9 Å². The van der Waals surface area contributed by atoms with E-state index in [1.54, 1.807) is 19.3 Å². The molecular formula is C21H25N5O3. The minimum Gasteiger partial charge on any atom is -0.383 e. The molecule has 2 N–H and O–H groups in total. The molecule has 0 saturated heterocycles. The molecule has 0 aliphatic heterocycles. The van der Waals surface area contributed by atoms with Crippen LogP contribution in [0.5, 0.6) is 0 Å². The zero-order valence-electron chi connectivity index (χ0n) is 17.2. The van der Waals surface area contributed by atoms with E-state index >= 15 is 0 Å². The van der Waals surface area contributed by atoms with Gasteiger partial charge in [0.25, 0.3) is 11.8 Å². The van der Waals surface area contributed by atoms with Crippen LogP contribution in [0, 0.1) is 25.2 Å². The van der Waals surface area contributed by atoms with Gasteiger partial charge >= 0.3 is 0 Å². The summed E-state index contributed by atoms with van der Waals surface area (Å²) in [6.07, 6.45) is 2.92. The number of nitriles is 1. The Labute approximate surface area is 170 Å². The monoisotopic (exact) mass is 395 g/mol. The first-order valence-corrected chi connectivity index (χ1v) is 9.11. The maximum absolute atomic E-state index is 12.5. The average Bonchev–Trinajstić information content (AvgIpc) is 2.99. The molecular weight excluding hydrogens is 370 g/mol. The first-order valence-electron chi connectivity index (χ1n) is 9.11. The summed E-state index contributed by atoms with van der Waals surface area (Å²) in [6.45, 7) is 6.52. The number of pyridine rings is 1. The van der Waals surface area contributed by atoms with Crippen LogP contribution in [0.2, 0.25) is 0 Å². The second-order valence-electron chi connectivity index (χ2n) is 6.64. The Morgan fingerprint density at radius 2 is 2.10 bits per heavy atom. The number of amides is 2. The molecule has 8 nitrogen and oxygen atoms in total. The third-order valence-corrected chi connectivity index (χ3v) is 4.53. The second kappa shape index (κ2) is 9.66. The molecule has 2 heterocycles. The van der Waals surface area contributed by atoms with E-state index in [2.05, 4.69) is 20.2 Å². The van der Waals surface area contributed by atoms with Gasteiger partial charge in [-0.15, -0.1) is 0 Å². The van der Waals surface area contributed by atoms with Gasteiger partial charge in [-0.3, -0.25) is 9.59 Å². The van der Waals surface area contributed by atoms with Crippen LogP contribution in [0.1, 0.15) is 40.3 Å². The molecule has 1 atom stereocenters. The van der Waals surface area contributed by atoms with E-state index in [0.717, 1.165) is 17.0 Å². The number of aromatic nitrogens is 2. The van der Waals surface area contributed by atoms with E-state index < -0.39 is 5.91 Å². The summed E-state index contributed by atoms with van der Waals surface area (Å²) in [6, 6.07) is 7.06. The fourth-order valence-corrected chi connectivity index (χ4v) is 3.18. The van der Waals surface area contributed by atoms with Crippen molar-refractivity contribution in [1.82, 2.24) is 14.9 Å². The molecule has 0 saturated carbocycles. The number of nitrogens with zero attached hydrogens (tertiary/aromatic N) is 3. The maximum Gasteiger partial charge on any atom is 0.267 e. The minimum absolute atomic E-state index is 0.0400. The van der Waals surface area contributed by atoms with Crippen molar-refractivity contribution in [3.63, 3.8) is 0 Å². The number of methoxy groups -OCH3 is 1. The summed E-state index contributed by atoms with van der Waals surface area (Å²) in [5.74, 6) is -0.587.